The second-order valence-electron chi connectivity index (χ2n) is 2.79. The van der Waals surface area contributed by atoms with E-state index in [0.29, 0.717) is 0 Å². The van der Waals surface area contributed by atoms with Crippen LogP contribution in [-0.4, -0.2) is 16.8 Å². The number of hydrogen-bond donors (Lipinski definition) is 3. The standard InChI is InChI=1S/C9H12BrNO2/c10-7-2-1-6(4-12)8(3-7)9(11)5-13/h1-3,9,12-13H,4-5,11H2/t9-/m1/s1. The first-order valence-electron chi connectivity index (χ1n) is 3.94. The molecule has 1 rings (SSSR count). The van der Waals surface area contributed by atoms with Gasteiger partial charge < -0.3 is 15.9 Å². The van der Waals surface area contributed by atoms with Gasteiger partial charge in [0.2, 0.25) is 0 Å². The molecule has 0 heterocycles. The van der Waals surface area contributed by atoms with Crippen LogP contribution in [0.3, 0.4) is 0 Å². The van der Waals surface area contributed by atoms with Crippen molar-refractivity contribution in [3.05, 3.63) is 33.8 Å². The molecule has 0 aromatic heterocycles. The van der Waals surface area contributed by atoms with Gasteiger partial charge in [-0.3, -0.25) is 0 Å². The quantitative estimate of drug-likeness (QED) is 0.743. The predicted molar refractivity (Wildman–Crippen MR) is 54.1 cm³/mol. The van der Waals surface area contributed by atoms with E-state index in [-0.39, 0.29) is 13.2 Å². The Morgan fingerprint density at radius 3 is 2.62 bits per heavy atom. The molecule has 13 heavy (non-hydrogen) atoms. The molecule has 1 aromatic carbocycles. The highest BCUT2D eigenvalue weighted by Crippen LogP contribution is 2.21. The molecule has 1 atom stereocenters. The van der Waals surface area contributed by atoms with Gasteiger partial charge in [0.05, 0.1) is 19.3 Å². The number of hydrogen-bond acceptors (Lipinski definition) is 3. The van der Waals surface area contributed by atoms with Gasteiger partial charge in [-0.25, -0.2) is 0 Å². The van der Waals surface area contributed by atoms with Crippen LogP contribution in [0.15, 0.2) is 22.7 Å². The maximum atomic E-state index is 9.00. The molecule has 0 spiro atoms. The number of nitrogens with two attached hydrogens (primary N) is 1. The summed E-state index contributed by atoms with van der Waals surface area (Å²) in [6, 6.07) is 5.00. The van der Waals surface area contributed by atoms with Crippen LogP contribution < -0.4 is 5.73 Å². The number of aliphatic hydroxyl groups is 2. The molecule has 0 saturated carbocycles. The molecule has 1 aromatic rings. The third kappa shape index (κ3) is 2.51. The van der Waals surface area contributed by atoms with Crippen LogP contribution >= 0.6 is 15.9 Å². The first-order chi connectivity index (χ1) is 6.19. The Morgan fingerprint density at radius 2 is 2.08 bits per heavy atom. The van der Waals surface area contributed by atoms with Gasteiger partial charge >= 0.3 is 0 Å². The van der Waals surface area contributed by atoms with Crippen molar-refractivity contribution in [3.63, 3.8) is 0 Å². The fourth-order valence-corrected chi connectivity index (χ4v) is 1.53. The summed E-state index contributed by atoms with van der Waals surface area (Å²) in [5.41, 5.74) is 7.19. The summed E-state index contributed by atoms with van der Waals surface area (Å²) in [5, 5.41) is 17.9. The van der Waals surface area contributed by atoms with E-state index >= 15 is 0 Å². The van der Waals surface area contributed by atoms with Crippen LogP contribution in [0.5, 0.6) is 0 Å². The summed E-state index contributed by atoms with van der Waals surface area (Å²) in [4.78, 5) is 0. The molecule has 0 amide bonds. The highest BCUT2D eigenvalue weighted by Gasteiger charge is 2.09. The van der Waals surface area contributed by atoms with Crippen molar-refractivity contribution in [2.24, 2.45) is 5.73 Å². The van der Waals surface area contributed by atoms with Gasteiger partial charge in [0.15, 0.2) is 0 Å². The lowest BCUT2D eigenvalue weighted by Crippen LogP contribution is -2.16. The zero-order valence-electron chi connectivity index (χ0n) is 7.07. The van der Waals surface area contributed by atoms with Crippen molar-refractivity contribution in [2.75, 3.05) is 6.61 Å². The normalized spacial score (nSPS) is 12.9. The summed E-state index contributed by atoms with van der Waals surface area (Å²) >= 11 is 3.30. The van der Waals surface area contributed by atoms with E-state index in [0.717, 1.165) is 15.6 Å². The van der Waals surface area contributed by atoms with Crippen molar-refractivity contribution in [1.29, 1.82) is 0 Å². The van der Waals surface area contributed by atoms with Gasteiger partial charge in [0.25, 0.3) is 0 Å². The fourth-order valence-electron chi connectivity index (χ4n) is 1.15. The molecule has 0 saturated heterocycles. The van der Waals surface area contributed by atoms with Gasteiger partial charge in [0.1, 0.15) is 0 Å². The van der Waals surface area contributed by atoms with Crippen molar-refractivity contribution in [1.82, 2.24) is 0 Å². The molecule has 3 nitrogen and oxygen atoms in total. The lowest BCUT2D eigenvalue weighted by molar-refractivity contribution is 0.259. The number of benzene rings is 1. The predicted octanol–water partition coefficient (Wildman–Crippen LogP) is 0.933. The number of aliphatic hydroxyl groups excluding tert-OH is 2. The highest BCUT2D eigenvalue weighted by atomic mass is 79.9. The molecule has 4 N–H and O–H groups in total. The molecule has 0 unspecified atom stereocenters. The maximum absolute atomic E-state index is 9.00. The monoisotopic (exact) mass is 245 g/mol. The number of halogens is 1. The summed E-state index contributed by atoms with van der Waals surface area (Å²) in [5.74, 6) is 0. The van der Waals surface area contributed by atoms with Crippen LogP contribution in [0.25, 0.3) is 0 Å². The summed E-state index contributed by atoms with van der Waals surface area (Å²) < 4.78 is 0.892. The van der Waals surface area contributed by atoms with Gasteiger partial charge in [0, 0.05) is 4.47 Å². The molecule has 0 aliphatic heterocycles. The van der Waals surface area contributed by atoms with E-state index in [9.17, 15) is 0 Å². The molecule has 0 fully saturated rings. The lowest BCUT2D eigenvalue weighted by atomic mass is 10.0. The van der Waals surface area contributed by atoms with Gasteiger partial charge in [-0.05, 0) is 23.3 Å². The first kappa shape index (κ1) is 10.7. The van der Waals surface area contributed by atoms with Crippen LogP contribution in [0.4, 0.5) is 0 Å². The Labute approximate surface area is 85.3 Å². The topological polar surface area (TPSA) is 66.5 Å². The van der Waals surface area contributed by atoms with Crippen molar-refractivity contribution >= 4 is 15.9 Å². The number of rotatable bonds is 3. The van der Waals surface area contributed by atoms with E-state index in [1.54, 1.807) is 6.07 Å². The van der Waals surface area contributed by atoms with Crippen LogP contribution in [0.1, 0.15) is 17.2 Å². The van der Waals surface area contributed by atoms with E-state index in [1.807, 2.05) is 12.1 Å². The Bertz CT molecular complexity index is 291. The zero-order chi connectivity index (χ0) is 9.84. The minimum Gasteiger partial charge on any atom is -0.394 e. The molecular weight excluding hydrogens is 234 g/mol. The zero-order valence-corrected chi connectivity index (χ0v) is 8.66. The van der Waals surface area contributed by atoms with Crippen molar-refractivity contribution in [2.45, 2.75) is 12.6 Å². The van der Waals surface area contributed by atoms with E-state index in [4.69, 9.17) is 15.9 Å². The largest absolute Gasteiger partial charge is 0.394 e. The molecular formula is C9H12BrNO2. The molecule has 72 valence electrons. The molecule has 0 bridgehead atoms. The third-order valence-electron chi connectivity index (χ3n) is 1.87. The van der Waals surface area contributed by atoms with E-state index in [2.05, 4.69) is 15.9 Å². The Morgan fingerprint density at radius 1 is 1.38 bits per heavy atom. The van der Waals surface area contributed by atoms with E-state index in [1.165, 1.54) is 0 Å². The first-order valence-corrected chi connectivity index (χ1v) is 4.74. The Kier molecular flexibility index (Phi) is 3.87. The maximum Gasteiger partial charge on any atom is 0.0685 e. The SMILES string of the molecule is N[C@H](CO)c1cc(Br)ccc1CO. The van der Waals surface area contributed by atoms with Gasteiger partial charge in [-0.1, -0.05) is 22.0 Å². The molecule has 0 radical (unpaired) electrons. The Hall–Kier alpha value is -0.420. The second kappa shape index (κ2) is 4.72. The van der Waals surface area contributed by atoms with Gasteiger partial charge in [-0.2, -0.15) is 0 Å². The Balaban J connectivity index is 3.07. The third-order valence-corrected chi connectivity index (χ3v) is 2.37. The minimum atomic E-state index is -0.431. The lowest BCUT2D eigenvalue weighted by Gasteiger charge is -2.13. The average Bonchev–Trinajstić information content (AvgIpc) is 2.16. The summed E-state index contributed by atoms with van der Waals surface area (Å²) in [6.07, 6.45) is 0. The second-order valence-corrected chi connectivity index (χ2v) is 3.71. The molecule has 4 heteroatoms. The summed E-state index contributed by atoms with van der Waals surface area (Å²) in [7, 11) is 0. The smallest absolute Gasteiger partial charge is 0.0685 e. The average molecular weight is 246 g/mol. The van der Waals surface area contributed by atoms with Crippen molar-refractivity contribution < 1.29 is 10.2 Å². The fraction of sp³-hybridized carbons (Fsp3) is 0.333. The highest BCUT2D eigenvalue weighted by molar-refractivity contribution is 9.10. The summed E-state index contributed by atoms with van der Waals surface area (Å²) in [6.45, 7) is -0.181. The van der Waals surface area contributed by atoms with Crippen LogP contribution in [-0.2, 0) is 6.61 Å². The van der Waals surface area contributed by atoms with Gasteiger partial charge in [-0.15, -0.1) is 0 Å². The van der Waals surface area contributed by atoms with Crippen molar-refractivity contribution in [3.8, 4) is 0 Å². The minimum absolute atomic E-state index is 0.0592. The van der Waals surface area contributed by atoms with E-state index < -0.39 is 6.04 Å². The molecule has 0 aliphatic carbocycles. The van der Waals surface area contributed by atoms with Crippen LogP contribution in [0.2, 0.25) is 0 Å². The van der Waals surface area contributed by atoms with Crippen LogP contribution in [0, 0.1) is 0 Å². The molecule has 0 aliphatic rings.